The summed E-state index contributed by atoms with van der Waals surface area (Å²) in [6.45, 7) is 11.1. The summed E-state index contributed by atoms with van der Waals surface area (Å²) in [4.78, 5) is 47.5. The fourth-order valence-electron chi connectivity index (χ4n) is 9.54. The van der Waals surface area contributed by atoms with Gasteiger partial charge in [-0.15, -0.1) is 0 Å². The molecule has 11 nitrogen and oxygen atoms in total. The molecule has 11 heteroatoms. The first-order valence-electron chi connectivity index (χ1n) is 20.5. The molecule has 1 unspecified atom stereocenters. The lowest BCUT2D eigenvalue weighted by Gasteiger charge is -2.40. The van der Waals surface area contributed by atoms with E-state index in [1.165, 1.54) is 27.8 Å². The lowest BCUT2D eigenvalue weighted by Crippen LogP contribution is -2.51. The number of methoxy groups -OCH3 is 1. The van der Waals surface area contributed by atoms with Crippen molar-refractivity contribution in [2.24, 2.45) is 11.8 Å². The fourth-order valence-corrected chi connectivity index (χ4v) is 9.54. The van der Waals surface area contributed by atoms with Gasteiger partial charge >= 0.3 is 0 Å². The molecule has 3 fully saturated rings. The third-order valence-corrected chi connectivity index (χ3v) is 12.4. The number of likely N-dealkylation sites (tertiary alicyclic amines) is 2. The van der Waals surface area contributed by atoms with E-state index in [1.807, 2.05) is 22.2 Å². The third-order valence-electron chi connectivity index (χ3n) is 12.4. The Hall–Kier alpha value is -4.32. The van der Waals surface area contributed by atoms with Crippen LogP contribution < -0.4 is 5.32 Å². The minimum absolute atomic E-state index is 0.00552. The predicted octanol–water partition coefficient (Wildman–Crippen LogP) is 7.16. The number of benzene rings is 2. The molecular weight excluding hydrogens is 691 g/mol. The Morgan fingerprint density at radius 3 is 2.38 bits per heavy atom. The molecule has 2 aromatic heterocycles. The minimum Gasteiger partial charge on any atom is -0.370 e. The molecule has 292 valence electrons. The van der Waals surface area contributed by atoms with Gasteiger partial charge in [-0.25, -0.2) is 9.97 Å². The van der Waals surface area contributed by atoms with Crippen LogP contribution in [0.1, 0.15) is 101 Å². The van der Waals surface area contributed by atoms with Crippen LogP contribution in [0.5, 0.6) is 0 Å². The Morgan fingerprint density at radius 2 is 1.65 bits per heavy atom. The molecule has 0 radical (unpaired) electrons. The van der Waals surface area contributed by atoms with E-state index in [9.17, 15) is 9.59 Å². The first-order valence-corrected chi connectivity index (χ1v) is 20.5. The number of imidazole rings is 2. The van der Waals surface area contributed by atoms with E-state index in [0.29, 0.717) is 25.5 Å². The molecule has 3 saturated heterocycles. The van der Waals surface area contributed by atoms with Gasteiger partial charge in [-0.3, -0.25) is 14.9 Å². The lowest BCUT2D eigenvalue weighted by molar-refractivity contribution is -0.151. The monoisotopic (exact) mass is 747 g/mol. The standard InChI is InChI=1S/C44H57N7O4/c1-27(2)22-39(52)51-20-7-9-37(51)42-46-25-36(49-42)33-15-14-32(40-34(33)16-17-44(40)18-21-55-44)29-10-12-30(13-11-29)35-24-45-38(48-35)23-31-8-6-19-50(31)43(53)41(28(3)4)47-26-54-5/h10-15,24-25,27-28,31,37,41,47H,6-9,16-23,26H2,1-5H3,(H,45,48)(H,46,49)/t31-,37-,41-,44?/m0/s1. The second kappa shape index (κ2) is 15.7. The van der Waals surface area contributed by atoms with E-state index >= 15 is 0 Å². The molecule has 1 aliphatic carbocycles. The number of hydrogen-bond acceptors (Lipinski definition) is 7. The average molecular weight is 748 g/mol. The number of ether oxygens (including phenoxy) is 2. The van der Waals surface area contributed by atoms with E-state index in [-0.39, 0.29) is 41.5 Å². The summed E-state index contributed by atoms with van der Waals surface area (Å²) in [7, 11) is 1.64. The molecule has 2 amide bonds. The van der Waals surface area contributed by atoms with Crippen molar-refractivity contribution in [3.05, 3.63) is 71.6 Å². The van der Waals surface area contributed by atoms with Gasteiger partial charge in [0.1, 0.15) is 11.6 Å². The summed E-state index contributed by atoms with van der Waals surface area (Å²) in [5.74, 6) is 2.65. The molecule has 8 rings (SSSR count). The number of amides is 2. The van der Waals surface area contributed by atoms with Crippen molar-refractivity contribution in [2.45, 2.75) is 109 Å². The minimum atomic E-state index is -0.270. The van der Waals surface area contributed by atoms with Crippen LogP contribution in [-0.4, -0.2) is 87.2 Å². The van der Waals surface area contributed by atoms with Crippen LogP contribution in [0, 0.1) is 11.8 Å². The number of H-pyrrole nitrogens is 2. The van der Waals surface area contributed by atoms with Crippen molar-refractivity contribution < 1.29 is 19.1 Å². The Morgan fingerprint density at radius 1 is 0.927 bits per heavy atom. The highest BCUT2D eigenvalue weighted by atomic mass is 16.5. The van der Waals surface area contributed by atoms with Gasteiger partial charge in [0.05, 0.1) is 54.8 Å². The van der Waals surface area contributed by atoms with Crippen molar-refractivity contribution in [1.82, 2.24) is 35.1 Å². The molecule has 3 aliphatic heterocycles. The highest BCUT2D eigenvalue weighted by molar-refractivity contribution is 5.83. The summed E-state index contributed by atoms with van der Waals surface area (Å²) >= 11 is 0. The van der Waals surface area contributed by atoms with Crippen molar-refractivity contribution in [2.75, 3.05) is 33.5 Å². The number of hydrogen-bond donors (Lipinski definition) is 3. The smallest absolute Gasteiger partial charge is 0.240 e. The molecule has 5 heterocycles. The van der Waals surface area contributed by atoms with Gasteiger partial charge in [-0.05, 0) is 78.2 Å². The summed E-state index contributed by atoms with van der Waals surface area (Å²) in [6, 6.07) is 13.1. The number of carbonyl (C=O) groups is 2. The van der Waals surface area contributed by atoms with Gasteiger partial charge in [-0.2, -0.15) is 0 Å². The zero-order valence-electron chi connectivity index (χ0n) is 33.1. The quantitative estimate of drug-likeness (QED) is 0.124. The third kappa shape index (κ3) is 7.27. The van der Waals surface area contributed by atoms with Crippen LogP contribution >= 0.6 is 0 Å². The van der Waals surface area contributed by atoms with Crippen LogP contribution in [0.2, 0.25) is 0 Å². The molecule has 4 aliphatic rings. The molecule has 3 N–H and O–H groups in total. The Labute approximate surface area is 325 Å². The normalized spacial score (nSPS) is 22.6. The lowest BCUT2D eigenvalue weighted by atomic mass is 9.82. The summed E-state index contributed by atoms with van der Waals surface area (Å²) < 4.78 is 11.6. The summed E-state index contributed by atoms with van der Waals surface area (Å²) in [5, 5.41) is 3.27. The second-order valence-corrected chi connectivity index (χ2v) is 16.8. The van der Waals surface area contributed by atoms with E-state index in [4.69, 9.17) is 19.4 Å². The molecule has 55 heavy (non-hydrogen) atoms. The van der Waals surface area contributed by atoms with Crippen LogP contribution in [0.15, 0.2) is 48.8 Å². The highest BCUT2D eigenvalue weighted by Crippen LogP contribution is 2.54. The Bertz CT molecular complexity index is 1990. The predicted molar refractivity (Wildman–Crippen MR) is 213 cm³/mol. The number of aromatic amines is 2. The van der Waals surface area contributed by atoms with Crippen LogP contribution in [0.25, 0.3) is 33.6 Å². The van der Waals surface area contributed by atoms with E-state index in [1.54, 1.807) is 7.11 Å². The zero-order chi connectivity index (χ0) is 38.3. The van der Waals surface area contributed by atoms with E-state index < -0.39 is 0 Å². The Kier molecular flexibility index (Phi) is 10.7. The number of carbonyl (C=O) groups excluding carboxylic acids is 2. The van der Waals surface area contributed by atoms with Gasteiger partial charge < -0.3 is 29.2 Å². The SMILES string of the molecule is COCN[C@H](C(=O)N1CCC[C@H]1Cc1ncc(-c2ccc(-c3ccc(-c4cnc([C@@H]5CCCN5C(=O)CC(C)C)[nH]4)c4c3C3(CCO3)CC4)cc2)[nH]1)C(C)C. The van der Waals surface area contributed by atoms with Gasteiger partial charge in [-0.1, -0.05) is 64.1 Å². The summed E-state index contributed by atoms with van der Waals surface area (Å²) in [6.07, 6.45) is 12.0. The maximum absolute atomic E-state index is 13.6. The molecular formula is C44H57N7O4. The number of nitrogens with one attached hydrogen (secondary N) is 3. The van der Waals surface area contributed by atoms with Gasteiger partial charge in [0.15, 0.2) is 0 Å². The molecule has 0 bridgehead atoms. The molecule has 4 atom stereocenters. The fraction of sp³-hybridized carbons (Fsp3) is 0.545. The largest absolute Gasteiger partial charge is 0.370 e. The number of rotatable bonds is 13. The second-order valence-electron chi connectivity index (χ2n) is 16.8. The highest BCUT2D eigenvalue weighted by Gasteiger charge is 2.48. The van der Waals surface area contributed by atoms with Crippen LogP contribution in [0.4, 0.5) is 0 Å². The number of aromatic nitrogens is 4. The zero-order valence-corrected chi connectivity index (χ0v) is 33.1. The van der Waals surface area contributed by atoms with Crippen molar-refractivity contribution in [3.63, 3.8) is 0 Å². The maximum atomic E-state index is 13.6. The molecule has 1 spiro atoms. The van der Waals surface area contributed by atoms with Crippen molar-refractivity contribution in [3.8, 4) is 33.6 Å². The Balaban J connectivity index is 1.00. The van der Waals surface area contributed by atoms with Gasteiger partial charge in [0.2, 0.25) is 11.8 Å². The molecule has 4 aromatic rings. The van der Waals surface area contributed by atoms with E-state index in [2.05, 4.69) is 79.4 Å². The number of nitrogens with zero attached hydrogens (tertiary/aromatic N) is 4. The maximum Gasteiger partial charge on any atom is 0.240 e. The van der Waals surface area contributed by atoms with Gasteiger partial charge in [0, 0.05) is 51.1 Å². The summed E-state index contributed by atoms with van der Waals surface area (Å²) in [5.41, 5.74) is 9.03. The first kappa shape index (κ1) is 37.6. The van der Waals surface area contributed by atoms with Gasteiger partial charge in [0.25, 0.3) is 0 Å². The van der Waals surface area contributed by atoms with Crippen molar-refractivity contribution >= 4 is 11.8 Å². The van der Waals surface area contributed by atoms with Crippen molar-refractivity contribution in [1.29, 1.82) is 0 Å². The van der Waals surface area contributed by atoms with E-state index in [0.717, 1.165) is 93.2 Å². The van der Waals surface area contributed by atoms with Crippen LogP contribution in [-0.2, 0) is 37.5 Å². The topological polar surface area (TPSA) is 128 Å². The average Bonchev–Trinajstić information content (AvgIpc) is 4.00. The first-order chi connectivity index (χ1) is 26.7. The molecule has 0 saturated carbocycles. The van der Waals surface area contributed by atoms with Crippen LogP contribution in [0.3, 0.4) is 0 Å². The molecule has 2 aromatic carbocycles. The number of fused-ring (bicyclic) bond motifs is 2.